The summed E-state index contributed by atoms with van der Waals surface area (Å²) in [6, 6.07) is -0.465. The average Bonchev–Trinajstić information content (AvgIpc) is 2.52. The van der Waals surface area contributed by atoms with Crippen molar-refractivity contribution in [2.45, 2.75) is 37.2 Å². The first kappa shape index (κ1) is 19.5. The Hall–Kier alpha value is -0.780. The Kier molecular flexibility index (Phi) is 6.96. The van der Waals surface area contributed by atoms with Crippen molar-refractivity contribution in [1.29, 1.82) is 0 Å². The van der Waals surface area contributed by atoms with E-state index >= 15 is 0 Å². The number of hydrogen-bond donors (Lipinski definition) is 2. The van der Waals surface area contributed by atoms with Gasteiger partial charge in [-0.15, -0.1) is 0 Å². The summed E-state index contributed by atoms with van der Waals surface area (Å²) in [6.07, 6.45) is 3.42. The monoisotopic (exact) mass is 375 g/mol. The summed E-state index contributed by atoms with van der Waals surface area (Å²) in [5.41, 5.74) is 0.981. The fourth-order valence-corrected chi connectivity index (χ4v) is 3.84. The van der Waals surface area contributed by atoms with Gasteiger partial charge in [-0.3, -0.25) is 4.90 Å². The predicted molar refractivity (Wildman–Crippen MR) is 93.9 cm³/mol. The Bertz CT molecular complexity index is 624. The molecule has 136 valence electrons. The van der Waals surface area contributed by atoms with Crippen LogP contribution in [-0.4, -0.2) is 77.8 Å². The largest absolute Gasteiger partial charge is 0.390 e. The third-order valence-corrected chi connectivity index (χ3v) is 6.13. The highest BCUT2D eigenvalue weighted by Crippen LogP contribution is 2.16. The van der Waals surface area contributed by atoms with Crippen molar-refractivity contribution >= 4 is 22.0 Å². The lowest BCUT2D eigenvalue weighted by Crippen LogP contribution is -2.55. The zero-order valence-electron chi connectivity index (χ0n) is 14.2. The predicted octanol–water partition coefficient (Wildman–Crippen LogP) is -0.0802. The van der Waals surface area contributed by atoms with E-state index in [9.17, 15) is 13.5 Å². The van der Waals surface area contributed by atoms with E-state index in [1.165, 1.54) is 14.1 Å². The van der Waals surface area contributed by atoms with Crippen molar-refractivity contribution in [3.05, 3.63) is 18.0 Å². The summed E-state index contributed by atoms with van der Waals surface area (Å²) in [5, 5.41) is 11.0. The molecule has 0 bridgehead atoms. The fraction of sp³-hybridized carbons (Fsp3) is 0.714. The van der Waals surface area contributed by atoms with Gasteiger partial charge in [-0.25, -0.2) is 9.97 Å². The van der Waals surface area contributed by atoms with E-state index in [-0.39, 0.29) is 0 Å². The topological polar surface area (TPSA) is 98.7 Å². The molecule has 24 heavy (non-hydrogen) atoms. The second-order valence-electron chi connectivity index (χ2n) is 5.91. The number of thioether (sulfide) groups is 1. The smallest absolute Gasteiger partial charge is 0.279 e. The molecule has 1 aromatic heterocycles. The maximum absolute atomic E-state index is 11.9. The maximum Gasteiger partial charge on any atom is 0.279 e. The Labute approximate surface area is 147 Å². The SMILES string of the molecule is CCSc1ncc(CN2CC[C@@H](NS(=O)(=O)N(C)C)[C@H](O)C2)cn1. The molecule has 2 heterocycles. The number of nitrogens with one attached hydrogen (secondary N) is 1. The molecule has 0 saturated carbocycles. The third-order valence-electron chi connectivity index (χ3n) is 3.81. The van der Waals surface area contributed by atoms with E-state index in [1.807, 2.05) is 0 Å². The van der Waals surface area contributed by atoms with Gasteiger partial charge >= 0.3 is 0 Å². The second-order valence-corrected chi connectivity index (χ2v) is 9.06. The van der Waals surface area contributed by atoms with Crippen molar-refractivity contribution in [3.8, 4) is 0 Å². The van der Waals surface area contributed by atoms with Crippen LogP contribution >= 0.6 is 11.8 Å². The van der Waals surface area contributed by atoms with E-state index in [4.69, 9.17) is 0 Å². The Morgan fingerprint density at radius 1 is 1.42 bits per heavy atom. The van der Waals surface area contributed by atoms with Crippen molar-refractivity contribution in [1.82, 2.24) is 23.9 Å². The molecule has 2 atom stereocenters. The zero-order valence-corrected chi connectivity index (χ0v) is 15.8. The first-order valence-corrected chi connectivity index (χ1v) is 10.3. The Balaban J connectivity index is 1.88. The van der Waals surface area contributed by atoms with Crippen LogP contribution in [0.3, 0.4) is 0 Å². The van der Waals surface area contributed by atoms with E-state index in [1.54, 1.807) is 24.2 Å². The highest BCUT2D eigenvalue weighted by molar-refractivity contribution is 7.99. The Morgan fingerprint density at radius 2 is 2.08 bits per heavy atom. The summed E-state index contributed by atoms with van der Waals surface area (Å²) in [5.74, 6) is 0.932. The van der Waals surface area contributed by atoms with Crippen LogP contribution in [0.5, 0.6) is 0 Å². The van der Waals surface area contributed by atoms with Gasteiger partial charge in [0.1, 0.15) is 0 Å². The average molecular weight is 376 g/mol. The molecule has 0 spiro atoms. The second kappa shape index (κ2) is 8.54. The van der Waals surface area contributed by atoms with Gasteiger partial charge in [0.25, 0.3) is 10.2 Å². The normalized spacial score (nSPS) is 22.9. The van der Waals surface area contributed by atoms with Crippen LogP contribution in [0.15, 0.2) is 17.6 Å². The quantitative estimate of drug-likeness (QED) is 0.508. The number of β-amino-alcohol motifs (C(OH)–C–C–N with tert-alkyl or cyclic N) is 1. The summed E-state index contributed by atoms with van der Waals surface area (Å²) in [6.45, 7) is 3.80. The number of piperidine rings is 1. The minimum atomic E-state index is -3.53. The summed E-state index contributed by atoms with van der Waals surface area (Å²) in [7, 11) is -0.610. The molecule has 1 aromatic rings. The van der Waals surface area contributed by atoms with E-state index in [0.29, 0.717) is 26.1 Å². The van der Waals surface area contributed by atoms with Crippen LogP contribution in [0.1, 0.15) is 18.9 Å². The van der Waals surface area contributed by atoms with Gasteiger partial charge in [0.2, 0.25) is 0 Å². The summed E-state index contributed by atoms with van der Waals surface area (Å²) >= 11 is 1.59. The van der Waals surface area contributed by atoms with Crippen LogP contribution in [-0.2, 0) is 16.8 Å². The molecule has 0 aromatic carbocycles. The first-order chi connectivity index (χ1) is 11.3. The molecular formula is C14H25N5O3S2. The van der Waals surface area contributed by atoms with E-state index in [2.05, 4.69) is 26.5 Å². The van der Waals surface area contributed by atoms with Gasteiger partial charge in [-0.05, 0) is 12.2 Å². The minimum Gasteiger partial charge on any atom is -0.390 e. The molecule has 0 amide bonds. The molecule has 0 radical (unpaired) electrons. The number of hydrogen-bond acceptors (Lipinski definition) is 7. The standard InChI is InChI=1S/C14H25N5O3S2/c1-4-23-14-15-7-11(8-16-14)9-19-6-5-12(13(20)10-19)17-24(21,22)18(2)3/h7-8,12-13,17,20H,4-6,9-10H2,1-3H3/t12-,13-/m1/s1. The lowest BCUT2D eigenvalue weighted by atomic mass is 10.0. The number of aliphatic hydroxyl groups excluding tert-OH is 1. The molecule has 8 nitrogen and oxygen atoms in total. The van der Waals surface area contributed by atoms with Crippen molar-refractivity contribution in [2.75, 3.05) is 32.9 Å². The van der Waals surface area contributed by atoms with E-state index < -0.39 is 22.4 Å². The summed E-state index contributed by atoms with van der Waals surface area (Å²) in [4.78, 5) is 10.7. The van der Waals surface area contributed by atoms with Crippen molar-refractivity contribution in [2.24, 2.45) is 0 Å². The molecule has 1 aliphatic rings. The van der Waals surface area contributed by atoms with Crippen LogP contribution in [0.2, 0.25) is 0 Å². The number of nitrogens with zero attached hydrogens (tertiary/aromatic N) is 4. The summed E-state index contributed by atoms with van der Waals surface area (Å²) < 4.78 is 27.4. The number of aliphatic hydroxyl groups is 1. The van der Waals surface area contributed by atoms with Gasteiger partial charge in [-0.1, -0.05) is 18.7 Å². The van der Waals surface area contributed by atoms with Gasteiger partial charge in [-0.2, -0.15) is 17.4 Å². The highest BCUT2D eigenvalue weighted by Gasteiger charge is 2.31. The molecule has 2 rings (SSSR count). The molecular weight excluding hydrogens is 350 g/mol. The molecule has 1 saturated heterocycles. The molecule has 10 heteroatoms. The van der Waals surface area contributed by atoms with Crippen LogP contribution in [0, 0.1) is 0 Å². The lowest BCUT2D eigenvalue weighted by molar-refractivity contribution is 0.0440. The minimum absolute atomic E-state index is 0.409. The number of aromatic nitrogens is 2. The number of likely N-dealkylation sites (tertiary alicyclic amines) is 1. The molecule has 2 N–H and O–H groups in total. The fourth-order valence-electron chi connectivity index (χ4n) is 2.46. The van der Waals surface area contributed by atoms with Gasteiger partial charge < -0.3 is 5.11 Å². The molecule has 1 aliphatic heterocycles. The van der Waals surface area contributed by atoms with Crippen LogP contribution in [0.4, 0.5) is 0 Å². The maximum atomic E-state index is 11.9. The van der Waals surface area contributed by atoms with Crippen molar-refractivity contribution < 1.29 is 13.5 Å². The van der Waals surface area contributed by atoms with Gasteiger partial charge in [0.05, 0.1) is 12.1 Å². The van der Waals surface area contributed by atoms with Crippen LogP contribution in [0.25, 0.3) is 0 Å². The van der Waals surface area contributed by atoms with E-state index in [0.717, 1.165) is 20.8 Å². The lowest BCUT2D eigenvalue weighted by Gasteiger charge is -2.36. The first-order valence-electron chi connectivity index (χ1n) is 7.85. The Morgan fingerprint density at radius 3 is 2.62 bits per heavy atom. The van der Waals surface area contributed by atoms with Gasteiger partial charge in [0, 0.05) is 51.7 Å². The zero-order chi connectivity index (χ0) is 17.7. The van der Waals surface area contributed by atoms with Gasteiger partial charge in [0.15, 0.2) is 5.16 Å². The molecule has 0 aliphatic carbocycles. The highest BCUT2D eigenvalue weighted by atomic mass is 32.2. The number of rotatable bonds is 7. The van der Waals surface area contributed by atoms with Crippen LogP contribution < -0.4 is 4.72 Å². The van der Waals surface area contributed by atoms with Crippen molar-refractivity contribution in [3.63, 3.8) is 0 Å². The third kappa shape index (κ3) is 5.36. The molecule has 1 fully saturated rings. The molecule has 0 unspecified atom stereocenters.